The summed E-state index contributed by atoms with van der Waals surface area (Å²) in [5.74, 6) is -0.0993. The molecule has 27 heavy (non-hydrogen) atoms. The van der Waals surface area contributed by atoms with E-state index in [-0.39, 0.29) is 34.5 Å². The zero-order valence-corrected chi connectivity index (χ0v) is 15.2. The Morgan fingerprint density at radius 2 is 1.81 bits per heavy atom. The van der Waals surface area contributed by atoms with E-state index in [1.54, 1.807) is 35.0 Å². The zero-order valence-electron chi connectivity index (χ0n) is 15.2. The topological polar surface area (TPSA) is 70.4 Å². The second kappa shape index (κ2) is 6.66. The van der Waals surface area contributed by atoms with Gasteiger partial charge in [0.15, 0.2) is 22.7 Å². The van der Waals surface area contributed by atoms with Gasteiger partial charge in [0, 0.05) is 43.1 Å². The van der Waals surface area contributed by atoms with E-state index in [1.807, 2.05) is 18.7 Å². The maximum absolute atomic E-state index is 14.8. The van der Waals surface area contributed by atoms with Gasteiger partial charge >= 0.3 is 0 Å². The molecule has 7 heteroatoms. The third-order valence-corrected chi connectivity index (χ3v) is 4.79. The van der Waals surface area contributed by atoms with Gasteiger partial charge in [-0.2, -0.15) is 0 Å². The van der Waals surface area contributed by atoms with Crippen LogP contribution >= 0.6 is 0 Å². The van der Waals surface area contributed by atoms with Crippen LogP contribution in [0.3, 0.4) is 0 Å². The summed E-state index contributed by atoms with van der Waals surface area (Å²) < 4.78 is 16.5. The molecular weight excluding hydrogens is 347 g/mol. The third kappa shape index (κ3) is 3.26. The number of hydrogen-bond acceptors (Lipinski definition) is 5. The predicted molar refractivity (Wildman–Crippen MR) is 103 cm³/mol. The molecule has 1 aliphatic heterocycles. The standard InChI is InChI=1S/C20H21FN4O2/c1-12-10-24(11-13(2)22-12)20-17(21)9-16-18(27)7-8-25(19(16)23-20)14-3-5-15(26)6-4-14/h3-9,12-13,22,26H,10-11H2,1-2H3. The first-order valence-corrected chi connectivity index (χ1v) is 8.94. The van der Waals surface area contributed by atoms with Gasteiger partial charge in [0.2, 0.25) is 0 Å². The van der Waals surface area contributed by atoms with Gasteiger partial charge in [-0.25, -0.2) is 9.37 Å². The van der Waals surface area contributed by atoms with Gasteiger partial charge in [-0.15, -0.1) is 0 Å². The highest BCUT2D eigenvalue weighted by atomic mass is 19.1. The van der Waals surface area contributed by atoms with Gasteiger partial charge in [-0.05, 0) is 44.2 Å². The van der Waals surface area contributed by atoms with E-state index < -0.39 is 5.82 Å². The normalized spacial score (nSPS) is 20.2. The quantitative estimate of drug-likeness (QED) is 0.727. The van der Waals surface area contributed by atoms with Gasteiger partial charge in [-0.3, -0.25) is 4.79 Å². The van der Waals surface area contributed by atoms with Crippen LogP contribution in [0.5, 0.6) is 5.75 Å². The van der Waals surface area contributed by atoms with Crippen molar-refractivity contribution in [3.05, 3.63) is 58.6 Å². The number of fused-ring (bicyclic) bond motifs is 1. The number of hydrogen-bond donors (Lipinski definition) is 2. The first-order valence-electron chi connectivity index (χ1n) is 8.94. The fourth-order valence-electron chi connectivity index (χ4n) is 3.68. The lowest BCUT2D eigenvalue weighted by Crippen LogP contribution is -2.54. The van der Waals surface area contributed by atoms with Crippen LogP contribution < -0.4 is 15.6 Å². The molecule has 1 aromatic carbocycles. The van der Waals surface area contributed by atoms with Crippen molar-refractivity contribution in [1.82, 2.24) is 14.9 Å². The summed E-state index contributed by atoms with van der Waals surface area (Å²) in [7, 11) is 0. The molecule has 3 aromatic rings. The SMILES string of the molecule is CC1CN(c2nc3c(cc2F)c(=O)ccn3-c2ccc(O)cc2)CC(C)N1. The molecule has 3 heterocycles. The molecule has 1 aliphatic rings. The Balaban J connectivity index is 1.90. The van der Waals surface area contributed by atoms with Crippen LogP contribution in [0, 0.1) is 5.82 Å². The van der Waals surface area contributed by atoms with Crippen LogP contribution in [0.2, 0.25) is 0 Å². The smallest absolute Gasteiger partial charge is 0.191 e. The Kier molecular flexibility index (Phi) is 4.31. The molecule has 140 valence electrons. The molecule has 2 N–H and O–H groups in total. The maximum Gasteiger partial charge on any atom is 0.191 e. The van der Waals surface area contributed by atoms with E-state index in [0.29, 0.717) is 18.7 Å². The number of nitrogens with zero attached hydrogens (tertiary/aromatic N) is 3. The van der Waals surface area contributed by atoms with Crippen molar-refractivity contribution in [2.45, 2.75) is 25.9 Å². The van der Waals surface area contributed by atoms with Crippen molar-refractivity contribution in [2.75, 3.05) is 18.0 Å². The van der Waals surface area contributed by atoms with E-state index in [0.717, 1.165) is 5.69 Å². The van der Waals surface area contributed by atoms with Crippen LogP contribution in [-0.4, -0.2) is 39.8 Å². The number of rotatable bonds is 2. The summed E-state index contributed by atoms with van der Waals surface area (Å²) in [6.45, 7) is 5.37. The number of anilines is 1. The Labute approximate surface area is 155 Å². The van der Waals surface area contributed by atoms with Gasteiger partial charge in [0.05, 0.1) is 5.39 Å². The van der Waals surface area contributed by atoms with E-state index >= 15 is 0 Å². The molecule has 2 aromatic heterocycles. The summed E-state index contributed by atoms with van der Waals surface area (Å²) in [5, 5.41) is 13.2. The maximum atomic E-state index is 14.8. The minimum atomic E-state index is -0.496. The number of phenolic OH excluding ortho intramolecular Hbond substituents is 1. The molecule has 2 unspecified atom stereocenters. The van der Waals surface area contributed by atoms with Crippen LogP contribution in [0.1, 0.15) is 13.8 Å². The van der Waals surface area contributed by atoms with Crippen LogP contribution in [-0.2, 0) is 0 Å². The average molecular weight is 368 g/mol. The monoisotopic (exact) mass is 368 g/mol. The molecule has 1 fully saturated rings. The third-order valence-electron chi connectivity index (χ3n) is 4.79. The van der Waals surface area contributed by atoms with Crippen molar-refractivity contribution in [2.24, 2.45) is 0 Å². The summed E-state index contributed by atoms with van der Waals surface area (Å²) >= 11 is 0. The zero-order chi connectivity index (χ0) is 19.1. The van der Waals surface area contributed by atoms with Gasteiger partial charge in [-0.1, -0.05) is 0 Å². The Bertz CT molecular complexity index is 1040. The number of aromatic hydroxyl groups is 1. The number of benzene rings is 1. The molecule has 0 bridgehead atoms. The van der Waals surface area contributed by atoms with Gasteiger partial charge < -0.3 is 19.9 Å². The molecule has 4 rings (SSSR count). The molecule has 0 spiro atoms. The predicted octanol–water partition coefficient (Wildman–Crippen LogP) is 2.42. The molecule has 2 atom stereocenters. The lowest BCUT2D eigenvalue weighted by molar-refractivity contribution is 0.402. The first-order chi connectivity index (χ1) is 12.9. The molecule has 0 amide bonds. The van der Waals surface area contributed by atoms with Gasteiger partial charge in [0.25, 0.3) is 0 Å². The molecule has 1 saturated heterocycles. The highest BCUT2D eigenvalue weighted by Crippen LogP contribution is 2.24. The second-order valence-electron chi connectivity index (χ2n) is 7.11. The first kappa shape index (κ1) is 17.5. The highest BCUT2D eigenvalue weighted by molar-refractivity contribution is 5.79. The molecule has 6 nitrogen and oxygen atoms in total. The highest BCUT2D eigenvalue weighted by Gasteiger charge is 2.25. The number of phenols is 1. The van der Waals surface area contributed by atoms with E-state index in [1.165, 1.54) is 12.1 Å². The van der Waals surface area contributed by atoms with Crippen molar-refractivity contribution in [1.29, 1.82) is 0 Å². The molecular formula is C20H21FN4O2. The number of aromatic nitrogens is 2. The van der Waals surface area contributed by atoms with Gasteiger partial charge in [0.1, 0.15) is 5.75 Å². The minimum Gasteiger partial charge on any atom is -0.508 e. The lowest BCUT2D eigenvalue weighted by Gasteiger charge is -2.37. The Morgan fingerprint density at radius 1 is 1.15 bits per heavy atom. The summed E-state index contributed by atoms with van der Waals surface area (Å²) in [6, 6.07) is 9.64. The second-order valence-corrected chi connectivity index (χ2v) is 7.11. The van der Waals surface area contributed by atoms with Crippen LogP contribution in [0.4, 0.5) is 10.2 Å². The molecule has 0 radical (unpaired) electrons. The van der Waals surface area contributed by atoms with E-state index in [2.05, 4.69) is 10.3 Å². The van der Waals surface area contributed by atoms with Crippen LogP contribution in [0.25, 0.3) is 16.7 Å². The lowest BCUT2D eigenvalue weighted by atomic mass is 10.1. The largest absolute Gasteiger partial charge is 0.508 e. The van der Waals surface area contributed by atoms with Crippen molar-refractivity contribution < 1.29 is 9.50 Å². The molecule has 0 aliphatic carbocycles. The number of piperazine rings is 1. The van der Waals surface area contributed by atoms with Crippen molar-refractivity contribution in [3.63, 3.8) is 0 Å². The van der Waals surface area contributed by atoms with Crippen LogP contribution in [0.15, 0.2) is 47.4 Å². The van der Waals surface area contributed by atoms with E-state index in [4.69, 9.17) is 0 Å². The van der Waals surface area contributed by atoms with Crippen molar-refractivity contribution in [3.8, 4) is 11.4 Å². The summed E-state index contributed by atoms with van der Waals surface area (Å²) in [6.07, 6.45) is 1.62. The van der Waals surface area contributed by atoms with E-state index in [9.17, 15) is 14.3 Å². The number of pyridine rings is 2. The Morgan fingerprint density at radius 3 is 2.48 bits per heavy atom. The van der Waals surface area contributed by atoms with Crippen molar-refractivity contribution >= 4 is 16.9 Å². The average Bonchev–Trinajstić information content (AvgIpc) is 2.62. The fraction of sp³-hybridized carbons (Fsp3) is 0.300. The number of nitrogens with one attached hydrogen (secondary N) is 1. The number of halogens is 1. The summed E-state index contributed by atoms with van der Waals surface area (Å²) in [5.41, 5.74) is 0.841. The summed E-state index contributed by atoms with van der Waals surface area (Å²) in [4.78, 5) is 18.7. The fourth-order valence-corrected chi connectivity index (χ4v) is 3.68. The molecule has 0 saturated carbocycles. The minimum absolute atomic E-state index is 0.146. The Hall–Kier alpha value is -2.93.